The molecule has 1 heterocycles. The Morgan fingerprint density at radius 2 is 2.19 bits per heavy atom. The summed E-state index contributed by atoms with van der Waals surface area (Å²) in [4.78, 5) is 11.2. The quantitative estimate of drug-likeness (QED) is 0.754. The van der Waals surface area contributed by atoms with Gasteiger partial charge in [0.25, 0.3) is 0 Å². The van der Waals surface area contributed by atoms with Crippen molar-refractivity contribution in [1.29, 1.82) is 0 Å². The fourth-order valence-electron chi connectivity index (χ4n) is 1.90. The van der Waals surface area contributed by atoms with Gasteiger partial charge in [-0.3, -0.25) is 4.79 Å². The zero-order valence-electron chi connectivity index (χ0n) is 9.15. The van der Waals surface area contributed by atoms with Crippen LogP contribution in [-0.4, -0.2) is 12.5 Å². The van der Waals surface area contributed by atoms with Crippen LogP contribution in [0.3, 0.4) is 0 Å². The van der Waals surface area contributed by atoms with E-state index in [2.05, 4.69) is 5.32 Å². The molecule has 0 bridgehead atoms. The van der Waals surface area contributed by atoms with Crippen molar-refractivity contribution in [3.8, 4) is 0 Å². The Balaban J connectivity index is 2.28. The molecule has 16 heavy (non-hydrogen) atoms. The van der Waals surface area contributed by atoms with Crippen molar-refractivity contribution in [3.63, 3.8) is 0 Å². The van der Waals surface area contributed by atoms with E-state index in [1.165, 1.54) is 0 Å². The number of nitrogens with one attached hydrogen (secondary N) is 1. The Hall–Kier alpha value is -1.77. The van der Waals surface area contributed by atoms with Crippen molar-refractivity contribution in [2.24, 2.45) is 11.7 Å². The molecule has 1 atom stereocenters. The highest BCUT2D eigenvalue weighted by molar-refractivity contribution is 5.80. The first kappa shape index (κ1) is 10.7. The topological polar surface area (TPSA) is 55.1 Å². The predicted molar refractivity (Wildman–Crippen MR) is 65.9 cm³/mol. The van der Waals surface area contributed by atoms with Crippen LogP contribution in [0.2, 0.25) is 0 Å². The lowest BCUT2D eigenvalue weighted by molar-refractivity contribution is -0.120. The first-order valence-corrected chi connectivity index (χ1v) is 5.58. The lowest BCUT2D eigenvalue weighted by Gasteiger charge is -2.08. The molecule has 0 aliphatic carbocycles. The van der Waals surface area contributed by atoms with E-state index in [1.807, 2.05) is 36.4 Å². The first-order chi connectivity index (χ1) is 7.77. The lowest BCUT2D eigenvalue weighted by Crippen LogP contribution is -2.21. The van der Waals surface area contributed by atoms with Gasteiger partial charge in [-0.2, -0.15) is 0 Å². The molecule has 1 aliphatic rings. The zero-order valence-corrected chi connectivity index (χ0v) is 9.15. The van der Waals surface area contributed by atoms with Crippen molar-refractivity contribution in [3.05, 3.63) is 35.9 Å². The average molecular weight is 216 g/mol. The minimum absolute atomic E-state index is 0.145. The summed E-state index contributed by atoms with van der Waals surface area (Å²) >= 11 is 0. The standard InChI is InChI=1S/C13H16N2O/c14-13(16)11-5-3-9-15-12-6-2-1-4-10(12)7-8-11/h1-2,4,6-8,11,15H,3,5,9H2,(H2,14,16). The summed E-state index contributed by atoms with van der Waals surface area (Å²) < 4.78 is 0. The van der Waals surface area contributed by atoms with Gasteiger partial charge in [0.15, 0.2) is 0 Å². The molecule has 1 amide bonds. The molecule has 0 radical (unpaired) electrons. The summed E-state index contributed by atoms with van der Waals surface area (Å²) in [6, 6.07) is 8.07. The van der Waals surface area contributed by atoms with Crippen molar-refractivity contribution >= 4 is 17.7 Å². The zero-order chi connectivity index (χ0) is 11.4. The Morgan fingerprint density at radius 3 is 3.00 bits per heavy atom. The van der Waals surface area contributed by atoms with Gasteiger partial charge < -0.3 is 11.1 Å². The van der Waals surface area contributed by atoms with E-state index in [0.717, 1.165) is 30.6 Å². The number of carbonyl (C=O) groups excluding carboxylic acids is 1. The maximum atomic E-state index is 11.2. The van der Waals surface area contributed by atoms with Crippen LogP contribution in [0.15, 0.2) is 30.3 Å². The van der Waals surface area contributed by atoms with Crippen molar-refractivity contribution in [2.45, 2.75) is 12.8 Å². The van der Waals surface area contributed by atoms with Gasteiger partial charge in [0.05, 0.1) is 5.92 Å². The van der Waals surface area contributed by atoms with Gasteiger partial charge in [-0.1, -0.05) is 30.4 Å². The van der Waals surface area contributed by atoms with Crippen molar-refractivity contribution < 1.29 is 4.79 Å². The molecule has 0 fully saturated rings. The second kappa shape index (κ2) is 4.84. The number of fused-ring (bicyclic) bond motifs is 1. The number of rotatable bonds is 1. The van der Waals surface area contributed by atoms with E-state index >= 15 is 0 Å². The molecule has 1 aromatic rings. The third-order valence-corrected chi connectivity index (χ3v) is 2.84. The van der Waals surface area contributed by atoms with Crippen LogP contribution in [0, 0.1) is 5.92 Å². The molecule has 0 aromatic heterocycles. The number of amides is 1. The van der Waals surface area contributed by atoms with Crippen LogP contribution in [0.4, 0.5) is 5.69 Å². The Kier molecular flexibility index (Phi) is 3.25. The van der Waals surface area contributed by atoms with Crippen LogP contribution < -0.4 is 11.1 Å². The number of anilines is 1. The van der Waals surface area contributed by atoms with Crippen LogP contribution in [0.5, 0.6) is 0 Å². The van der Waals surface area contributed by atoms with Crippen LogP contribution in [-0.2, 0) is 4.79 Å². The summed E-state index contributed by atoms with van der Waals surface area (Å²) in [6.45, 7) is 0.877. The fraction of sp³-hybridized carbons (Fsp3) is 0.308. The van der Waals surface area contributed by atoms with Gasteiger partial charge in [0.2, 0.25) is 5.91 Å². The largest absolute Gasteiger partial charge is 0.385 e. The summed E-state index contributed by atoms with van der Waals surface area (Å²) in [5, 5.41) is 3.36. The van der Waals surface area contributed by atoms with E-state index in [1.54, 1.807) is 0 Å². The number of hydrogen-bond donors (Lipinski definition) is 2. The second-order valence-corrected chi connectivity index (χ2v) is 4.02. The molecule has 0 spiro atoms. The third-order valence-electron chi connectivity index (χ3n) is 2.84. The van der Waals surface area contributed by atoms with E-state index < -0.39 is 0 Å². The van der Waals surface area contributed by atoms with Gasteiger partial charge in [0.1, 0.15) is 0 Å². The molecule has 1 unspecified atom stereocenters. The summed E-state index contributed by atoms with van der Waals surface area (Å²) in [5.74, 6) is -0.386. The average Bonchev–Trinajstić information content (AvgIpc) is 2.38. The van der Waals surface area contributed by atoms with Crippen molar-refractivity contribution in [2.75, 3.05) is 11.9 Å². The van der Waals surface area contributed by atoms with E-state index in [-0.39, 0.29) is 11.8 Å². The highest BCUT2D eigenvalue weighted by atomic mass is 16.1. The van der Waals surface area contributed by atoms with Gasteiger partial charge in [-0.05, 0) is 24.5 Å². The maximum absolute atomic E-state index is 11.2. The molecule has 3 heteroatoms. The first-order valence-electron chi connectivity index (χ1n) is 5.58. The van der Waals surface area contributed by atoms with Crippen LogP contribution in [0.1, 0.15) is 18.4 Å². The van der Waals surface area contributed by atoms with Crippen LogP contribution >= 0.6 is 0 Å². The van der Waals surface area contributed by atoms with Gasteiger partial charge in [-0.15, -0.1) is 0 Å². The number of carbonyl (C=O) groups is 1. The summed E-state index contributed by atoms with van der Waals surface area (Å²) in [5.41, 5.74) is 7.57. The SMILES string of the molecule is NC(=O)C1C=Cc2ccccc2NCCC1. The molecule has 3 nitrogen and oxygen atoms in total. The Labute approximate surface area is 95.3 Å². The molecular formula is C13H16N2O. The molecule has 84 valence electrons. The van der Waals surface area contributed by atoms with E-state index in [4.69, 9.17) is 5.73 Å². The number of benzene rings is 1. The molecule has 2 rings (SSSR count). The Bertz CT molecular complexity index is 412. The lowest BCUT2D eigenvalue weighted by atomic mass is 10.0. The summed E-state index contributed by atoms with van der Waals surface area (Å²) in [6.07, 6.45) is 5.65. The molecule has 1 aliphatic heterocycles. The summed E-state index contributed by atoms with van der Waals surface area (Å²) in [7, 11) is 0. The number of nitrogens with two attached hydrogens (primary N) is 1. The predicted octanol–water partition coefficient (Wildman–Crippen LogP) is 2.01. The molecule has 3 N–H and O–H groups in total. The minimum Gasteiger partial charge on any atom is -0.385 e. The molecule has 0 saturated carbocycles. The highest BCUT2D eigenvalue weighted by Gasteiger charge is 2.12. The van der Waals surface area contributed by atoms with Gasteiger partial charge in [0, 0.05) is 12.2 Å². The highest BCUT2D eigenvalue weighted by Crippen LogP contribution is 2.21. The third kappa shape index (κ3) is 2.42. The normalized spacial score (nSPS) is 19.9. The fourth-order valence-corrected chi connectivity index (χ4v) is 1.90. The number of hydrogen-bond acceptors (Lipinski definition) is 2. The van der Waals surface area contributed by atoms with Gasteiger partial charge >= 0.3 is 0 Å². The van der Waals surface area contributed by atoms with Gasteiger partial charge in [-0.25, -0.2) is 0 Å². The van der Waals surface area contributed by atoms with E-state index in [9.17, 15) is 4.79 Å². The molecule has 1 aromatic carbocycles. The van der Waals surface area contributed by atoms with E-state index in [0.29, 0.717) is 0 Å². The molecular weight excluding hydrogens is 200 g/mol. The smallest absolute Gasteiger partial charge is 0.224 e. The maximum Gasteiger partial charge on any atom is 0.224 e. The Morgan fingerprint density at radius 1 is 1.38 bits per heavy atom. The van der Waals surface area contributed by atoms with Crippen molar-refractivity contribution in [1.82, 2.24) is 0 Å². The second-order valence-electron chi connectivity index (χ2n) is 4.02. The number of para-hydroxylation sites is 1. The minimum atomic E-state index is -0.240. The van der Waals surface area contributed by atoms with Crippen LogP contribution in [0.25, 0.3) is 6.08 Å². The monoisotopic (exact) mass is 216 g/mol. The number of primary amides is 1. The molecule has 0 saturated heterocycles.